The lowest BCUT2D eigenvalue weighted by atomic mass is 10.1. The van der Waals surface area contributed by atoms with Crippen LogP contribution < -0.4 is 10.2 Å². The fourth-order valence-corrected chi connectivity index (χ4v) is 3.51. The molecule has 0 unspecified atom stereocenters. The van der Waals surface area contributed by atoms with Crippen LogP contribution in [0.5, 0.6) is 0 Å². The van der Waals surface area contributed by atoms with E-state index < -0.39 is 0 Å². The second-order valence-corrected chi connectivity index (χ2v) is 6.35. The van der Waals surface area contributed by atoms with Gasteiger partial charge in [-0.15, -0.1) is 0 Å². The molecule has 0 radical (unpaired) electrons. The van der Waals surface area contributed by atoms with Crippen LogP contribution in [0.4, 0.5) is 10.8 Å². The molecule has 0 atom stereocenters. The number of ether oxygens (including phenoxy) is 1. The molecule has 1 amide bonds. The molecule has 6 nitrogen and oxygen atoms in total. The van der Waals surface area contributed by atoms with E-state index in [0.29, 0.717) is 5.13 Å². The molecule has 7 heteroatoms. The molecule has 0 aliphatic carbocycles. The number of methoxy groups -OCH3 is 1. The lowest BCUT2D eigenvalue weighted by Gasteiger charge is -2.27. The minimum Gasteiger partial charge on any atom is -0.375 e. The number of hydrogen-bond acceptors (Lipinski definition) is 6. The molecule has 0 spiro atoms. The van der Waals surface area contributed by atoms with Gasteiger partial charge in [0.15, 0.2) is 5.13 Å². The SMILES string of the molecule is COCC(=O)Nc1nc2c(s1)CN(c1cncc(C)c1)CC2. The Morgan fingerprint density at radius 3 is 3.14 bits per heavy atom. The predicted molar refractivity (Wildman–Crippen MR) is 86.3 cm³/mol. The van der Waals surface area contributed by atoms with Gasteiger partial charge in [0.1, 0.15) is 6.61 Å². The van der Waals surface area contributed by atoms with E-state index in [9.17, 15) is 4.79 Å². The number of amides is 1. The number of thiazole rings is 1. The molecule has 2 aromatic rings. The van der Waals surface area contributed by atoms with E-state index in [1.807, 2.05) is 19.3 Å². The molecule has 0 saturated carbocycles. The highest BCUT2D eigenvalue weighted by Crippen LogP contribution is 2.30. The van der Waals surface area contributed by atoms with Gasteiger partial charge >= 0.3 is 0 Å². The Balaban J connectivity index is 1.73. The van der Waals surface area contributed by atoms with Crippen molar-refractivity contribution in [3.63, 3.8) is 0 Å². The summed E-state index contributed by atoms with van der Waals surface area (Å²) in [5.74, 6) is -0.173. The zero-order valence-corrected chi connectivity index (χ0v) is 13.4. The summed E-state index contributed by atoms with van der Waals surface area (Å²) < 4.78 is 4.81. The molecule has 1 aliphatic rings. The van der Waals surface area contributed by atoms with Gasteiger partial charge in [-0.2, -0.15) is 0 Å². The molecule has 1 aliphatic heterocycles. The highest BCUT2D eigenvalue weighted by Gasteiger charge is 2.21. The summed E-state index contributed by atoms with van der Waals surface area (Å²) in [6.07, 6.45) is 4.62. The van der Waals surface area contributed by atoms with Crippen LogP contribution in [0.3, 0.4) is 0 Å². The number of hydrogen-bond donors (Lipinski definition) is 1. The monoisotopic (exact) mass is 318 g/mol. The van der Waals surface area contributed by atoms with Crippen LogP contribution in [0.15, 0.2) is 18.5 Å². The average Bonchev–Trinajstić information content (AvgIpc) is 2.88. The van der Waals surface area contributed by atoms with Crippen molar-refractivity contribution < 1.29 is 9.53 Å². The normalized spacial score (nSPS) is 13.8. The summed E-state index contributed by atoms with van der Waals surface area (Å²) in [5, 5.41) is 3.43. The van der Waals surface area contributed by atoms with Crippen molar-refractivity contribution in [1.82, 2.24) is 9.97 Å². The Labute approximate surface area is 133 Å². The number of aryl methyl sites for hydroxylation is 1. The Morgan fingerprint density at radius 1 is 1.50 bits per heavy atom. The summed E-state index contributed by atoms with van der Waals surface area (Å²) in [4.78, 5) is 23.8. The van der Waals surface area contributed by atoms with Crippen LogP contribution in [-0.4, -0.2) is 36.1 Å². The Bertz CT molecular complexity index is 686. The Morgan fingerprint density at radius 2 is 2.36 bits per heavy atom. The van der Waals surface area contributed by atoms with Crippen LogP contribution in [0.2, 0.25) is 0 Å². The largest absolute Gasteiger partial charge is 0.375 e. The Hall–Kier alpha value is -1.99. The lowest BCUT2D eigenvalue weighted by Crippen LogP contribution is -2.29. The van der Waals surface area contributed by atoms with E-state index in [2.05, 4.69) is 26.3 Å². The molecule has 0 aromatic carbocycles. The topological polar surface area (TPSA) is 67.3 Å². The highest BCUT2D eigenvalue weighted by atomic mass is 32.1. The fourth-order valence-electron chi connectivity index (χ4n) is 2.47. The number of carbonyl (C=O) groups is 1. The van der Waals surface area contributed by atoms with Crippen LogP contribution in [0, 0.1) is 6.92 Å². The van der Waals surface area contributed by atoms with Gasteiger partial charge in [0, 0.05) is 31.1 Å². The first-order valence-electron chi connectivity index (χ1n) is 7.09. The number of anilines is 2. The number of pyridine rings is 1. The summed E-state index contributed by atoms with van der Waals surface area (Å²) in [6.45, 7) is 3.80. The minimum absolute atomic E-state index is 0.0470. The van der Waals surface area contributed by atoms with Crippen LogP contribution in [-0.2, 0) is 22.5 Å². The standard InChI is InChI=1S/C15H18N4O2S/c1-10-5-11(7-16-6-10)19-4-3-12-13(8-19)22-15(17-12)18-14(20)9-21-2/h5-7H,3-4,8-9H2,1-2H3,(H,17,18,20). The van der Waals surface area contributed by atoms with Crippen LogP contribution >= 0.6 is 11.3 Å². The quantitative estimate of drug-likeness (QED) is 0.934. The van der Waals surface area contributed by atoms with Crippen molar-refractivity contribution in [2.75, 3.05) is 30.5 Å². The van der Waals surface area contributed by atoms with Gasteiger partial charge < -0.3 is 9.64 Å². The van der Waals surface area contributed by atoms with Crippen LogP contribution in [0.25, 0.3) is 0 Å². The van der Waals surface area contributed by atoms with Gasteiger partial charge in [-0.1, -0.05) is 11.3 Å². The van der Waals surface area contributed by atoms with Crippen molar-refractivity contribution in [2.24, 2.45) is 0 Å². The smallest absolute Gasteiger partial charge is 0.252 e. The molecule has 22 heavy (non-hydrogen) atoms. The molecular formula is C15H18N4O2S. The summed E-state index contributed by atoms with van der Waals surface area (Å²) in [6, 6.07) is 2.14. The molecule has 2 aromatic heterocycles. The Kier molecular flexibility index (Phi) is 4.35. The first-order valence-corrected chi connectivity index (χ1v) is 7.91. The highest BCUT2D eigenvalue weighted by molar-refractivity contribution is 7.15. The van der Waals surface area contributed by atoms with Gasteiger partial charge in [-0.05, 0) is 18.6 Å². The minimum atomic E-state index is -0.173. The van der Waals surface area contributed by atoms with Gasteiger partial charge in [-0.25, -0.2) is 4.98 Å². The van der Waals surface area contributed by atoms with Crippen molar-refractivity contribution in [1.29, 1.82) is 0 Å². The molecule has 3 heterocycles. The van der Waals surface area contributed by atoms with Crippen molar-refractivity contribution in [3.05, 3.63) is 34.6 Å². The number of nitrogens with one attached hydrogen (secondary N) is 1. The number of carbonyl (C=O) groups excluding carboxylic acids is 1. The number of rotatable bonds is 4. The van der Waals surface area contributed by atoms with E-state index in [-0.39, 0.29) is 12.5 Å². The summed E-state index contributed by atoms with van der Waals surface area (Å²) in [7, 11) is 1.50. The number of fused-ring (bicyclic) bond motifs is 1. The zero-order valence-electron chi connectivity index (χ0n) is 12.6. The molecule has 0 bridgehead atoms. The average molecular weight is 318 g/mol. The van der Waals surface area contributed by atoms with Gasteiger partial charge in [0.05, 0.1) is 24.1 Å². The molecule has 0 fully saturated rings. The van der Waals surface area contributed by atoms with Gasteiger partial charge in [-0.3, -0.25) is 15.1 Å². The van der Waals surface area contributed by atoms with Crippen molar-refractivity contribution >= 4 is 28.1 Å². The maximum atomic E-state index is 11.6. The third-order valence-electron chi connectivity index (χ3n) is 3.48. The maximum absolute atomic E-state index is 11.6. The molecule has 3 rings (SSSR count). The number of aromatic nitrogens is 2. The summed E-state index contributed by atoms with van der Waals surface area (Å²) >= 11 is 1.53. The second-order valence-electron chi connectivity index (χ2n) is 5.26. The van der Waals surface area contributed by atoms with Gasteiger partial charge in [0.25, 0.3) is 5.91 Å². The second kappa shape index (κ2) is 6.41. The predicted octanol–water partition coefficient (Wildman–Crippen LogP) is 1.99. The fraction of sp³-hybridized carbons (Fsp3) is 0.400. The lowest BCUT2D eigenvalue weighted by molar-refractivity contribution is -0.119. The van der Waals surface area contributed by atoms with Crippen molar-refractivity contribution in [3.8, 4) is 0 Å². The van der Waals surface area contributed by atoms with Gasteiger partial charge in [0.2, 0.25) is 0 Å². The first kappa shape index (κ1) is 14.9. The molecule has 1 N–H and O–H groups in total. The maximum Gasteiger partial charge on any atom is 0.252 e. The summed E-state index contributed by atoms with van der Waals surface area (Å²) in [5.41, 5.74) is 3.36. The molecular weight excluding hydrogens is 300 g/mol. The van der Waals surface area contributed by atoms with Crippen LogP contribution in [0.1, 0.15) is 16.1 Å². The van der Waals surface area contributed by atoms with E-state index in [4.69, 9.17) is 4.74 Å². The first-order chi connectivity index (χ1) is 10.7. The van der Waals surface area contributed by atoms with E-state index in [1.165, 1.54) is 23.3 Å². The third-order valence-corrected chi connectivity index (χ3v) is 4.48. The van der Waals surface area contributed by atoms with E-state index in [1.54, 1.807) is 0 Å². The molecule has 116 valence electrons. The van der Waals surface area contributed by atoms with E-state index in [0.717, 1.165) is 36.5 Å². The molecule has 0 saturated heterocycles. The van der Waals surface area contributed by atoms with E-state index >= 15 is 0 Å². The number of nitrogens with zero attached hydrogens (tertiary/aromatic N) is 3. The third kappa shape index (κ3) is 3.26. The zero-order chi connectivity index (χ0) is 15.5. The van der Waals surface area contributed by atoms with Crippen molar-refractivity contribution in [2.45, 2.75) is 19.9 Å².